The first-order valence-corrected chi connectivity index (χ1v) is 10.9. The Kier molecular flexibility index (Phi) is 7.62. The highest BCUT2D eigenvalue weighted by Crippen LogP contribution is 2.34. The lowest BCUT2D eigenvalue weighted by atomic mass is 10.2. The summed E-state index contributed by atoms with van der Waals surface area (Å²) in [6.07, 6.45) is 1.96. The Morgan fingerprint density at radius 1 is 1.10 bits per heavy atom. The van der Waals surface area contributed by atoms with Crippen LogP contribution in [0.4, 0.5) is 0 Å². The van der Waals surface area contributed by atoms with Crippen LogP contribution in [-0.4, -0.2) is 23.5 Å². The maximum atomic E-state index is 12.4. The number of rotatable bonds is 6. The monoisotopic (exact) mass is 461 g/mol. The van der Waals surface area contributed by atoms with Crippen LogP contribution in [0, 0.1) is 0 Å². The number of carbonyl (C=O) groups excluding carboxylic acids is 2. The number of hydrogen-bond acceptors (Lipinski definition) is 5. The fourth-order valence-corrected chi connectivity index (χ4v) is 4.15. The highest BCUT2D eigenvalue weighted by Gasteiger charge is 2.17. The Balaban J connectivity index is 1.55. The third-order valence-electron chi connectivity index (χ3n) is 4.12. The van der Waals surface area contributed by atoms with Crippen LogP contribution in [0.3, 0.4) is 0 Å². The van der Waals surface area contributed by atoms with Gasteiger partial charge in [-0.15, -0.1) is 11.3 Å². The zero-order chi connectivity index (χ0) is 21.5. The molecule has 0 aliphatic heterocycles. The van der Waals surface area contributed by atoms with E-state index in [0.717, 1.165) is 22.9 Å². The molecule has 0 fully saturated rings. The van der Waals surface area contributed by atoms with Crippen molar-refractivity contribution in [3.63, 3.8) is 0 Å². The normalized spacial score (nSPS) is 10.5. The van der Waals surface area contributed by atoms with Crippen molar-refractivity contribution in [2.75, 3.05) is 6.61 Å². The number of hydrazine groups is 1. The second kappa shape index (κ2) is 10.4. The van der Waals surface area contributed by atoms with Gasteiger partial charge < -0.3 is 4.74 Å². The van der Waals surface area contributed by atoms with E-state index in [1.54, 1.807) is 24.3 Å². The third kappa shape index (κ3) is 5.47. The fraction of sp³-hybridized carbons (Fsp3) is 0.190. The van der Waals surface area contributed by atoms with Crippen molar-refractivity contribution in [1.82, 2.24) is 16.2 Å². The van der Waals surface area contributed by atoms with Crippen LogP contribution in [0.1, 0.15) is 39.8 Å². The molecule has 156 valence electrons. The smallest absolute Gasteiger partial charge is 0.281 e. The number of carbonyl (C=O) groups is 2. The second-order valence-corrected chi connectivity index (χ2v) is 8.17. The topological polar surface area (TPSA) is 79.5 Å². The zero-order valence-corrected chi connectivity index (χ0v) is 18.5. The Morgan fingerprint density at radius 3 is 2.67 bits per heavy atom. The lowest BCUT2D eigenvalue weighted by Gasteiger charge is -2.11. The van der Waals surface area contributed by atoms with E-state index in [1.165, 1.54) is 11.3 Å². The van der Waals surface area contributed by atoms with Gasteiger partial charge in [-0.2, -0.15) is 0 Å². The standard InChI is InChI=1S/C21H20ClN3O3S2/c1-2-3-11-28-14-8-6-7-13(12-14)19(26)23-21(29)25-24-20(27)18-17(22)15-9-4-5-10-16(15)30-18/h4-10,12H,2-3,11H2,1H3,(H,24,27)(H2,23,25,26,29). The van der Waals surface area contributed by atoms with E-state index in [4.69, 9.17) is 28.6 Å². The number of amides is 2. The Labute approximate surface area is 188 Å². The zero-order valence-electron chi connectivity index (χ0n) is 16.2. The van der Waals surface area contributed by atoms with E-state index in [0.29, 0.717) is 27.8 Å². The molecule has 0 saturated heterocycles. The molecule has 3 N–H and O–H groups in total. The summed E-state index contributed by atoms with van der Waals surface area (Å²) in [5, 5.41) is 3.67. The molecule has 0 unspecified atom stereocenters. The van der Waals surface area contributed by atoms with E-state index in [-0.39, 0.29) is 5.11 Å². The first-order chi connectivity index (χ1) is 14.5. The van der Waals surface area contributed by atoms with Gasteiger partial charge in [-0.1, -0.05) is 49.2 Å². The molecule has 3 aromatic rings. The number of thiophene rings is 1. The molecule has 30 heavy (non-hydrogen) atoms. The number of nitrogens with one attached hydrogen (secondary N) is 3. The number of ether oxygens (including phenoxy) is 1. The van der Waals surface area contributed by atoms with E-state index in [1.807, 2.05) is 24.3 Å². The van der Waals surface area contributed by atoms with Gasteiger partial charge >= 0.3 is 0 Å². The van der Waals surface area contributed by atoms with Crippen molar-refractivity contribution in [2.45, 2.75) is 19.8 Å². The Bertz CT molecular complexity index is 1080. The highest BCUT2D eigenvalue weighted by atomic mass is 35.5. The van der Waals surface area contributed by atoms with Gasteiger partial charge in [0.25, 0.3) is 11.8 Å². The molecular formula is C21H20ClN3O3S2. The SMILES string of the molecule is CCCCOc1cccc(C(=O)NC(=S)NNC(=O)c2sc3ccccc3c2Cl)c1. The van der Waals surface area contributed by atoms with Crippen molar-refractivity contribution in [2.24, 2.45) is 0 Å². The van der Waals surface area contributed by atoms with E-state index in [2.05, 4.69) is 23.1 Å². The second-order valence-electron chi connectivity index (χ2n) is 6.33. The van der Waals surface area contributed by atoms with Crippen LogP contribution < -0.4 is 20.9 Å². The number of benzene rings is 2. The van der Waals surface area contributed by atoms with Crippen molar-refractivity contribution < 1.29 is 14.3 Å². The molecule has 9 heteroatoms. The Hall–Kier alpha value is -2.68. The molecule has 0 atom stereocenters. The minimum atomic E-state index is -0.441. The summed E-state index contributed by atoms with van der Waals surface area (Å²) in [5.74, 6) is -0.241. The quantitative estimate of drug-likeness (QED) is 0.282. The largest absolute Gasteiger partial charge is 0.494 e. The number of hydrogen-bond donors (Lipinski definition) is 3. The van der Waals surface area contributed by atoms with Gasteiger partial charge in [-0.25, -0.2) is 0 Å². The predicted octanol–water partition coefficient (Wildman–Crippen LogP) is 4.68. The molecule has 2 amide bonds. The van der Waals surface area contributed by atoms with Gasteiger partial charge in [0.15, 0.2) is 5.11 Å². The number of unbranched alkanes of at least 4 members (excludes halogenated alkanes) is 1. The highest BCUT2D eigenvalue weighted by molar-refractivity contribution is 7.80. The van der Waals surface area contributed by atoms with Gasteiger partial charge in [0.2, 0.25) is 0 Å². The first kappa shape index (κ1) is 22.0. The summed E-state index contributed by atoms with van der Waals surface area (Å²) in [6.45, 7) is 2.67. The predicted molar refractivity (Wildman–Crippen MR) is 124 cm³/mol. The lowest BCUT2D eigenvalue weighted by Crippen LogP contribution is -2.48. The first-order valence-electron chi connectivity index (χ1n) is 9.31. The molecule has 0 aliphatic rings. The molecule has 0 bridgehead atoms. The summed E-state index contributed by atoms with van der Waals surface area (Å²) in [7, 11) is 0. The summed E-state index contributed by atoms with van der Waals surface area (Å²) in [6, 6.07) is 14.3. The van der Waals surface area contributed by atoms with Gasteiger partial charge in [-0.3, -0.25) is 25.8 Å². The number of thiocarbonyl (C=S) groups is 1. The average Bonchev–Trinajstić information content (AvgIpc) is 3.09. The molecule has 0 radical (unpaired) electrons. The van der Waals surface area contributed by atoms with Crippen molar-refractivity contribution in [3.8, 4) is 5.75 Å². The minimum Gasteiger partial charge on any atom is -0.494 e. The molecule has 6 nitrogen and oxygen atoms in total. The molecule has 0 spiro atoms. The van der Waals surface area contributed by atoms with E-state index >= 15 is 0 Å². The molecular weight excluding hydrogens is 442 g/mol. The summed E-state index contributed by atoms with van der Waals surface area (Å²) in [4.78, 5) is 25.2. The lowest BCUT2D eigenvalue weighted by molar-refractivity contribution is 0.0938. The van der Waals surface area contributed by atoms with Crippen LogP contribution in [0.2, 0.25) is 5.02 Å². The molecule has 0 saturated carbocycles. The minimum absolute atomic E-state index is 0.0390. The van der Waals surface area contributed by atoms with Crippen LogP contribution in [0.15, 0.2) is 48.5 Å². The maximum absolute atomic E-state index is 12.4. The van der Waals surface area contributed by atoms with Crippen LogP contribution in [0.5, 0.6) is 5.75 Å². The van der Waals surface area contributed by atoms with Crippen LogP contribution in [-0.2, 0) is 0 Å². The molecule has 0 aliphatic carbocycles. The van der Waals surface area contributed by atoms with Crippen molar-refractivity contribution in [1.29, 1.82) is 0 Å². The number of halogens is 1. The average molecular weight is 462 g/mol. The van der Waals surface area contributed by atoms with Gasteiger partial charge in [0.05, 0.1) is 11.6 Å². The molecule has 1 heterocycles. The molecule has 3 rings (SSSR count). The summed E-state index contributed by atoms with van der Waals surface area (Å²) >= 11 is 12.7. The van der Waals surface area contributed by atoms with Gasteiger partial charge in [0.1, 0.15) is 10.6 Å². The van der Waals surface area contributed by atoms with Crippen LogP contribution in [0.25, 0.3) is 10.1 Å². The third-order valence-corrected chi connectivity index (χ3v) is 6.00. The fourth-order valence-electron chi connectivity index (χ4n) is 2.60. The number of fused-ring (bicyclic) bond motifs is 1. The van der Waals surface area contributed by atoms with Crippen LogP contribution >= 0.6 is 35.2 Å². The van der Waals surface area contributed by atoms with Crippen molar-refractivity contribution >= 4 is 62.2 Å². The Morgan fingerprint density at radius 2 is 1.90 bits per heavy atom. The van der Waals surface area contributed by atoms with Gasteiger partial charge in [-0.05, 0) is 42.9 Å². The molecule has 1 aromatic heterocycles. The van der Waals surface area contributed by atoms with Crippen molar-refractivity contribution in [3.05, 3.63) is 64.0 Å². The van der Waals surface area contributed by atoms with E-state index < -0.39 is 11.8 Å². The molecule has 2 aromatic carbocycles. The summed E-state index contributed by atoms with van der Waals surface area (Å²) < 4.78 is 6.52. The summed E-state index contributed by atoms with van der Waals surface area (Å²) in [5.41, 5.74) is 5.38. The van der Waals surface area contributed by atoms with E-state index in [9.17, 15) is 9.59 Å². The maximum Gasteiger partial charge on any atom is 0.281 e. The van der Waals surface area contributed by atoms with Gasteiger partial charge in [0, 0.05) is 15.6 Å².